The van der Waals surface area contributed by atoms with Crippen LogP contribution in [0.3, 0.4) is 0 Å². The van der Waals surface area contributed by atoms with Crippen molar-refractivity contribution >= 4 is 43.0 Å². The van der Waals surface area contributed by atoms with E-state index in [1.807, 2.05) is 158 Å². The Morgan fingerprint density at radius 1 is 0.462 bits per heavy atom. The van der Waals surface area contributed by atoms with E-state index >= 15 is 0 Å². The number of rotatable bonds is 3. The lowest BCUT2D eigenvalue weighted by Crippen LogP contribution is -1.85. The van der Waals surface area contributed by atoms with Crippen molar-refractivity contribution in [2.75, 3.05) is 0 Å². The molecule has 0 aliphatic carbocycles. The number of hydrogen-bond acceptors (Lipinski definition) is 2. The summed E-state index contributed by atoms with van der Waals surface area (Å²) in [4.78, 5) is 21.0. The van der Waals surface area contributed by atoms with E-state index in [0.29, 0.717) is 11.1 Å². The third kappa shape index (κ3) is 16.8. The second-order valence-electron chi connectivity index (χ2n) is 9.88. The van der Waals surface area contributed by atoms with Gasteiger partial charge < -0.3 is 0 Å². The Kier molecular flexibility index (Phi) is 24.1. The van der Waals surface area contributed by atoms with E-state index in [0.717, 1.165) is 50.4 Å². The highest BCUT2D eigenvalue weighted by Gasteiger charge is 1.96. The Bertz CT molecular complexity index is 1990. The Labute approximate surface area is 321 Å². The lowest BCUT2D eigenvalue weighted by molar-refractivity contribution is 0.111. The molecule has 0 amide bonds. The van der Waals surface area contributed by atoms with Crippen molar-refractivity contribution in [1.82, 2.24) is 0 Å². The molecular weight excluding hydrogens is 699 g/mol. The van der Waals surface area contributed by atoms with E-state index in [9.17, 15) is 9.59 Å². The zero-order valence-electron chi connectivity index (χ0n) is 27.4. The van der Waals surface area contributed by atoms with E-state index in [1.54, 1.807) is 12.1 Å². The van der Waals surface area contributed by atoms with Crippen LogP contribution < -0.4 is 0 Å². The topological polar surface area (TPSA) is 34.1 Å². The third-order valence-electron chi connectivity index (χ3n) is 6.47. The number of benzene rings is 6. The Balaban J connectivity index is 0.000000681. The number of carbonyl (C=O) groups is 2. The SMILES string of the molecule is C.C.C#Cc1ccccc1.C=Cc1ccccc1C#Cc1ccccc1.O=Cc1ccccc1Br.O=Cc1ccccc1C#Cc1ccccc1.[B]. The first-order valence-corrected chi connectivity index (χ1v) is 16.0. The minimum Gasteiger partial charge on any atom is -0.298 e. The molecule has 3 radical (unpaired) electrons. The van der Waals surface area contributed by atoms with Crippen LogP contribution in [0.25, 0.3) is 6.08 Å². The molecular formula is C48H41BBrO2. The molecule has 0 aliphatic rings. The third-order valence-corrected chi connectivity index (χ3v) is 7.19. The summed E-state index contributed by atoms with van der Waals surface area (Å²) >= 11 is 3.23. The van der Waals surface area contributed by atoms with E-state index in [4.69, 9.17) is 6.42 Å². The summed E-state index contributed by atoms with van der Waals surface area (Å²) in [5.41, 5.74) is 7.09. The fourth-order valence-electron chi connectivity index (χ4n) is 3.93. The molecule has 0 unspecified atom stereocenters. The van der Waals surface area contributed by atoms with Gasteiger partial charge in [0.25, 0.3) is 0 Å². The average molecular weight is 741 g/mol. The summed E-state index contributed by atoms with van der Waals surface area (Å²) in [6.45, 7) is 3.78. The maximum absolute atomic E-state index is 10.8. The van der Waals surface area contributed by atoms with Gasteiger partial charge in [0.15, 0.2) is 12.6 Å². The highest BCUT2D eigenvalue weighted by atomic mass is 79.9. The monoisotopic (exact) mass is 739 g/mol. The van der Waals surface area contributed by atoms with Crippen LogP contribution in [0.5, 0.6) is 0 Å². The summed E-state index contributed by atoms with van der Waals surface area (Å²) in [6.07, 6.45) is 8.58. The van der Waals surface area contributed by atoms with Crippen LogP contribution >= 0.6 is 15.9 Å². The smallest absolute Gasteiger partial charge is 0.151 e. The summed E-state index contributed by atoms with van der Waals surface area (Å²) in [5.74, 6) is 14.8. The molecule has 0 spiro atoms. The molecule has 255 valence electrons. The van der Waals surface area contributed by atoms with Gasteiger partial charge in [-0.3, -0.25) is 9.59 Å². The first kappa shape index (κ1) is 45.6. The second kappa shape index (κ2) is 27.4. The standard InChI is InChI=1S/C16H12.C15H10O.C8H6.C7H5BrO.2CH4.B/c1-2-15-10-6-7-11-16(15)13-12-14-8-4-3-5-9-14;16-12-15-9-5-4-8-14(15)11-10-13-6-2-1-3-7-13;1-2-8-6-4-3-5-7-8;8-7-4-2-1-3-6(7)5-9;;;/h2-11H,1H2;1-9,12H;1,3-7H;1-5H;2*1H4;. The molecule has 0 saturated carbocycles. The van der Waals surface area contributed by atoms with Gasteiger partial charge in [0, 0.05) is 51.8 Å². The first-order valence-electron chi connectivity index (χ1n) is 15.2. The minimum absolute atomic E-state index is 0. The van der Waals surface area contributed by atoms with Gasteiger partial charge in [0.05, 0.1) is 0 Å². The lowest BCUT2D eigenvalue weighted by atomic mass is 10.1. The Morgan fingerprint density at radius 2 is 0.808 bits per heavy atom. The average Bonchev–Trinajstić information content (AvgIpc) is 3.18. The number of hydrogen-bond donors (Lipinski definition) is 0. The molecule has 0 fully saturated rings. The number of carbonyl (C=O) groups excluding carboxylic acids is 2. The Morgan fingerprint density at radius 3 is 1.17 bits per heavy atom. The quantitative estimate of drug-likeness (QED) is 0.103. The molecule has 6 aromatic rings. The molecule has 2 nitrogen and oxygen atoms in total. The molecule has 0 aliphatic heterocycles. The molecule has 6 aromatic carbocycles. The predicted octanol–water partition coefficient (Wildman–Crippen LogP) is 11.4. The van der Waals surface area contributed by atoms with E-state index in [1.165, 1.54) is 0 Å². The highest BCUT2D eigenvalue weighted by molar-refractivity contribution is 9.10. The summed E-state index contributed by atoms with van der Waals surface area (Å²) in [6, 6.07) is 51.9. The number of halogens is 1. The van der Waals surface area contributed by atoms with Crippen LogP contribution in [0.15, 0.2) is 175 Å². The van der Waals surface area contributed by atoms with Crippen molar-refractivity contribution in [1.29, 1.82) is 0 Å². The zero-order chi connectivity index (χ0) is 34.9. The molecule has 0 saturated heterocycles. The molecule has 0 bridgehead atoms. The van der Waals surface area contributed by atoms with Crippen LogP contribution in [0.4, 0.5) is 0 Å². The fourth-order valence-corrected chi connectivity index (χ4v) is 4.31. The van der Waals surface area contributed by atoms with Gasteiger partial charge >= 0.3 is 0 Å². The van der Waals surface area contributed by atoms with E-state index in [-0.39, 0.29) is 23.3 Å². The van der Waals surface area contributed by atoms with Crippen molar-refractivity contribution < 1.29 is 9.59 Å². The van der Waals surface area contributed by atoms with E-state index < -0.39 is 0 Å². The van der Waals surface area contributed by atoms with Gasteiger partial charge in [-0.15, -0.1) is 6.42 Å². The maximum atomic E-state index is 10.8. The molecule has 52 heavy (non-hydrogen) atoms. The normalized spacial score (nSPS) is 8.31. The van der Waals surface area contributed by atoms with Crippen LogP contribution in [-0.2, 0) is 0 Å². The maximum Gasteiger partial charge on any atom is 0.151 e. The molecule has 0 aromatic heterocycles. The predicted molar refractivity (Wildman–Crippen MR) is 226 cm³/mol. The lowest BCUT2D eigenvalue weighted by Gasteiger charge is -1.96. The molecule has 4 heteroatoms. The van der Waals surface area contributed by atoms with Crippen LogP contribution in [0.2, 0.25) is 0 Å². The van der Waals surface area contributed by atoms with Crippen LogP contribution in [0, 0.1) is 36.0 Å². The largest absolute Gasteiger partial charge is 0.298 e. The van der Waals surface area contributed by atoms with E-state index in [2.05, 4.69) is 52.1 Å². The van der Waals surface area contributed by atoms with Gasteiger partial charge in [-0.2, -0.15) is 0 Å². The number of aldehydes is 2. The highest BCUT2D eigenvalue weighted by Crippen LogP contribution is 2.13. The second-order valence-corrected chi connectivity index (χ2v) is 10.7. The van der Waals surface area contributed by atoms with Crippen LogP contribution in [-0.4, -0.2) is 21.0 Å². The minimum atomic E-state index is 0. The van der Waals surface area contributed by atoms with Gasteiger partial charge in [0.2, 0.25) is 0 Å². The Hall–Kier alpha value is -6.38. The summed E-state index contributed by atoms with van der Waals surface area (Å²) < 4.78 is 0.847. The van der Waals surface area contributed by atoms with Crippen molar-refractivity contribution in [3.05, 3.63) is 219 Å². The molecule has 0 heterocycles. The van der Waals surface area contributed by atoms with Gasteiger partial charge in [0.1, 0.15) is 0 Å². The molecule has 0 atom stereocenters. The van der Waals surface area contributed by atoms with Crippen molar-refractivity contribution in [3.8, 4) is 36.0 Å². The van der Waals surface area contributed by atoms with Crippen molar-refractivity contribution in [3.63, 3.8) is 0 Å². The van der Waals surface area contributed by atoms with Gasteiger partial charge in [-0.25, -0.2) is 0 Å². The van der Waals surface area contributed by atoms with Gasteiger partial charge in [-0.1, -0.05) is 182 Å². The summed E-state index contributed by atoms with van der Waals surface area (Å²) in [5, 5.41) is 0. The zero-order valence-corrected chi connectivity index (χ0v) is 29.0. The first-order chi connectivity index (χ1) is 24.1. The van der Waals surface area contributed by atoms with Crippen molar-refractivity contribution in [2.45, 2.75) is 14.9 Å². The van der Waals surface area contributed by atoms with Crippen molar-refractivity contribution in [2.24, 2.45) is 0 Å². The number of terminal acetylenes is 1. The summed E-state index contributed by atoms with van der Waals surface area (Å²) in [7, 11) is 0. The van der Waals surface area contributed by atoms with Gasteiger partial charge in [-0.05, 0) is 60.2 Å². The fraction of sp³-hybridized carbons (Fsp3) is 0.0417. The molecule has 6 rings (SSSR count). The van der Waals surface area contributed by atoms with Crippen LogP contribution in [0.1, 0.15) is 68.9 Å². The molecule has 0 N–H and O–H groups in total.